The highest BCUT2D eigenvalue weighted by Crippen LogP contribution is 2.43. The summed E-state index contributed by atoms with van der Waals surface area (Å²) in [4.78, 5) is 0. The maximum atomic E-state index is 9.09. The van der Waals surface area contributed by atoms with Crippen molar-refractivity contribution in [3.8, 4) is 0 Å². The van der Waals surface area contributed by atoms with Crippen LogP contribution < -0.4 is 0 Å². The molecule has 1 aliphatic rings. The van der Waals surface area contributed by atoms with Crippen LogP contribution >= 0.6 is 0 Å². The third-order valence-corrected chi connectivity index (χ3v) is 2.74. The third-order valence-electron chi connectivity index (χ3n) is 2.74. The van der Waals surface area contributed by atoms with Crippen LogP contribution in [0.3, 0.4) is 0 Å². The fourth-order valence-electron chi connectivity index (χ4n) is 1.92. The van der Waals surface area contributed by atoms with Crippen molar-refractivity contribution in [1.29, 1.82) is 0 Å². The van der Waals surface area contributed by atoms with E-state index in [1.165, 1.54) is 30.6 Å². The molecular formula is C12H15O. The minimum atomic E-state index is 0.717. The minimum absolute atomic E-state index is 0.717. The van der Waals surface area contributed by atoms with Gasteiger partial charge in [-0.3, -0.25) is 0 Å². The summed E-state index contributed by atoms with van der Waals surface area (Å²) in [6, 6.07) is 6.18. The summed E-state index contributed by atoms with van der Waals surface area (Å²) in [6.45, 7) is 3.41. The SMILES string of the molecule is CCc1cccc([CH]O)c1C1CC1. The van der Waals surface area contributed by atoms with E-state index in [0.29, 0.717) is 0 Å². The molecule has 1 saturated carbocycles. The van der Waals surface area contributed by atoms with Crippen molar-refractivity contribution in [1.82, 2.24) is 0 Å². The van der Waals surface area contributed by atoms with Crippen molar-refractivity contribution >= 4 is 0 Å². The first-order valence-electron chi connectivity index (χ1n) is 4.96. The maximum absolute atomic E-state index is 9.09. The van der Waals surface area contributed by atoms with Gasteiger partial charge in [-0.25, -0.2) is 0 Å². The van der Waals surface area contributed by atoms with Gasteiger partial charge in [0, 0.05) is 0 Å². The van der Waals surface area contributed by atoms with E-state index >= 15 is 0 Å². The number of benzene rings is 1. The zero-order valence-corrected chi connectivity index (χ0v) is 7.96. The normalized spacial score (nSPS) is 16.2. The second kappa shape index (κ2) is 3.51. The standard InChI is InChI=1S/C12H15O/c1-2-9-4-3-5-11(8-13)12(9)10-6-7-10/h3-5,8,10,13H,2,6-7H2,1H3. The van der Waals surface area contributed by atoms with E-state index in [4.69, 9.17) is 5.11 Å². The quantitative estimate of drug-likeness (QED) is 0.748. The summed E-state index contributed by atoms with van der Waals surface area (Å²) in [6.07, 6.45) is 3.64. The Balaban J connectivity index is 2.44. The van der Waals surface area contributed by atoms with Crippen molar-refractivity contribution in [3.05, 3.63) is 41.5 Å². The number of aliphatic hydroxyl groups excluding tert-OH is 1. The molecule has 69 valence electrons. The molecule has 1 aliphatic carbocycles. The summed E-state index contributed by atoms with van der Waals surface area (Å²) < 4.78 is 0. The van der Waals surface area contributed by atoms with Gasteiger partial charge >= 0.3 is 0 Å². The summed E-state index contributed by atoms with van der Waals surface area (Å²) >= 11 is 0. The van der Waals surface area contributed by atoms with Crippen molar-refractivity contribution in [2.75, 3.05) is 0 Å². The average molecular weight is 175 g/mol. The highest BCUT2D eigenvalue weighted by Gasteiger charge is 2.27. The van der Waals surface area contributed by atoms with Gasteiger partial charge in [-0.1, -0.05) is 25.1 Å². The van der Waals surface area contributed by atoms with E-state index in [9.17, 15) is 0 Å². The Labute approximate surface area is 79.4 Å². The lowest BCUT2D eigenvalue weighted by Crippen LogP contribution is -1.96. The molecule has 0 spiro atoms. The molecule has 0 aromatic heterocycles. The van der Waals surface area contributed by atoms with Gasteiger partial charge in [0.1, 0.15) is 6.61 Å². The van der Waals surface area contributed by atoms with Crippen LogP contribution in [0.25, 0.3) is 0 Å². The van der Waals surface area contributed by atoms with Gasteiger partial charge in [-0.2, -0.15) is 0 Å². The molecular weight excluding hydrogens is 160 g/mol. The zero-order valence-electron chi connectivity index (χ0n) is 7.96. The van der Waals surface area contributed by atoms with Gasteiger partial charge in [-0.15, -0.1) is 0 Å². The lowest BCUT2D eigenvalue weighted by Gasteiger charge is -2.10. The number of hydrogen-bond acceptors (Lipinski definition) is 1. The first-order chi connectivity index (χ1) is 6.36. The van der Waals surface area contributed by atoms with Gasteiger partial charge in [0.2, 0.25) is 0 Å². The number of hydrogen-bond donors (Lipinski definition) is 1. The molecule has 0 amide bonds. The molecule has 1 radical (unpaired) electrons. The number of aliphatic hydroxyl groups is 1. The summed E-state index contributed by atoms with van der Waals surface area (Å²) in [5, 5.41) is 9.09. The lowest BCUT2D eigenvalue weighted by atomic mass is 9.96. The van der Waals surface area contributed by atoms with Crippen LogP contribution in [0.15, 0.2) is 18.2 Å². The molecule has 0 saturated heterocycles. The molecule has 1 aromatic carbocycles. The summed E-state index contributed by atoms with van der Waals surface area (Å²) in [5.74, 6) is 0.717. The molecule has 1 aromatic rings. The fourth-order valence-corrected chi connectivity index (χ4v) is 1.92. The number of aryl methyl sites for hydroxylation is 1. The molecule has 1 heteroatoms. The lowest BCUT2D eigenvalue weighted by molar-refractivity contribution is 0.413. The molecule has 0 bridgehead atoms. The Morgan fingerprint density at radius 1 is 1.46 bits per heavy atom. The van der Waals surface area contributed by atoms with E-state index in [-0.39, 0.29) is 0 Å². The Morgan fingerprint density at radius 2 is 2.23 bits per heavy atom. The Morgan fingerprint density at radius 3 is 2.77 bits per heavy atom. The van der Waals surface area contributed by atoms with E-state index in [1.807, 2.05) is 12.1 Å². The van der Waals surface area contributed by atoms with E-state index in [1.54, 1.807) is 0 Å². The summed E-state index contributed by atoms with van der Waals surface area (Å²) in [7, 11) is 0. The van der Waals surface area contributed by atoms with Crippen LogP contribution in [0.5, 0.6) is 0 Å². The highest BCUT2D eigenvalue weighted by atomic mass is 16.3. The zero-order chi connectivity index (χ0) is 9.26. The fraction of sp³-hybridized carbons (Fsp3) is 0.417. The third kappa shape index (κ3) is 1.61. The predicted molar refractivity (Wildman–Crippen MR) is 53.1 cm³/mol. The van der Waals surface area contributed by atoms with E-state index < -0.39 is 0 Å². The van der Waals surface area contributed by atoms with Crippen LogP contribution in [-0.2, 0) is 6.42 Å². The summed E-state index contributed by atoms with van der Waals surface area (Å²) in [5.41, 5.74) is 3.79. The van der Waals surface area contributed by atoms with Crippen molar-refractivity contribution in [2.45, 2.75) is 32.1 Å². The first-order valence-corrected chi connectivity index (χ1v) is 4.96. The van der Waals surface area contributed by atoms with Crippen LogP contribution in [0.1, 0.15) is 42.4 Å². The Hall–Kier alpha value is -0.820. The molecule has 1 N–H and O–H groups in total. The van der Waals surface area contributed by atoms with Crippen LogP contribution in [0.4, 0.5) is 0 Å². The second-order valence-electron chi connectivity index (χ2n) is 3.68. The van der Waals surface area contributed by atoms with Gasteiger partial charge in [0.05, 0.1) is 0 Å². The largest absolute Gasteiger partial charge is 0.385 e. The molecule has 1 fully saturated rings. The molecule has 0 atom stereocenters. The van der Waals surface area contributed by atoms with Crippen molar-refractivity contribution < 1.29 is 5.11 Å². The number of rotatable bonds is 3. The molecule has 0 heterocycles. The minimum Gasteiger partial charge on any atom is -0.385 e. The second-order valence-corrected chi connectivity index (χ2v) is 3.68. The predicted octanol–water partition coefficient (Wildman–Crippen LogP) is 3.01. The highest BCUT2D eigenvalue weighted by molar-refractivity contribution is 5.42. The van der Waals surface area contributed by atoms with Crippen LogP contribution in [0.2, 0.25) is 0 Å². The first kappa shape index (κ1) is 8.76. The van der Waals surface area contributed by atoms with Crippen LogP contribution in [0, 0.1) is 6.61 Å². The topological polar surface area (TPSA) is 20.2 Å². The van der Waals surface area contributed by atoms with E-state index in [0.717, 1.165) is 17.9 Å². The molecule has 1 nitrogen and oxygen atoms in total. The van der Waals surface area contributed by atoms with Gasteiger partial charge in [0.15, 0.2) is 0 Å². The molecule has 13 heavy (non-hydrogen) atoms. The van der Waals surface area contributed by atoms with Crippen LogP contribution in [-0.4, -0.2) is 5.11 Å². The monoisotopic (exact) mass is 175 g/mol. The Bertz CT molecular complexity index is 278. The Kier molecular flexibility index (Phi) is 2.36. The average Bonchev–Trinajstić information content (AvgIpc) is 3.00. The van der Waals surface area contributed by atoms with Crippen molar-refractivity contribution in [2.24, 2.45) is 0 Å². The molecule has 0 unspecified atom stereocenters. The maximum Gasteiger partial charge on any atom is 0.109 e. The van der Waals surface area contributed by atoms with Crippen molar-refractivity contribution in [3.63, 3.8) is 0 Å². The van der Waals surface area contributed by atoms with E-state index in [2.05, 4.69) is 13.0 Å². The van der Waals surface area contributed by atoms with Gasteiger partial charge < -0.3 is 5.11 Å². The van der Waals surface area contributed by atoms with Gasteiger partial charge in [-0.05, 0) is 41.9 Å². The smallest absolute Gasteiger partial charge is 0.109 e. The molecule has 2 rings (SSSR count). The van der Waals surface area contributed by atoms with Gasteiger partial charge in [0.25, 0.3) is 0 Å². The molecule has 0 aliphatic heterocycles.